The van der Waals surface area contributed by atoms with E-state index >= 15 is 0 Å². The minimum absolute atomic E-state index is 0.154. The van der Waals surface area contributed by atoms with Gasteiger partial charge in [-0.1, -0.05) is 5.16 Å². The number of pyridine rings is 1. The van der Waals surface area contributed by atoms with Gasteiger partial charge in [0.05, 0.1) is 12.1 Å². The van der Waals surface area contributed by atoms with Crippen molar-refractivity contribution in [1.29, 1.82) is 0 Å². The number of carbonyl (C=O) groups is 1. The van der Waals surface area contributed by atoms with Crippen LogP contribution >= 0.6 is 0 Å². The Labute approximate surface area is 148 Å². The molecule has 1 unspecified atom stereocenters. The maximum Gasteiger partial charge on any atom is 0.227 e. The molecule has 3 heterocycles. The minimum Gasteiger partial charge on any atom is -0.363 e. The Morgan fingerprint density at radius 1 is 1.40 bits per heavy atom. The van der Waals surface area contributed by atoms with Gasteiger partial charge in [-0.15, -0.1) is 0 Å². The third kappa shape index (κ3) is 3.83. The van der Waals surface area contributed by atoms with E-state index in [1.54, 1.807) is 0 Å². The highest BCUT2D eigenvalue weighted by atomic mass is 16.5. The van der Waals surface area contributed by atoms with Gasteiger partial charge in [-0.05, 0) is 44.4 Å². The van der Waals surface area contributed by atoms with E-state index in [1.807, 2.05) is 43.9 Å². The zero-order valence-electron chi connectivity index (χ0n) is 15.5. The summed E-state index contributed by atoms with van der Waals surface area (Å²) in [6, 6.07) is 4.20. The average molecular weight is 342 g/mol. The van der Waals surface area contributed by atoms with E-state index in [4.69, 9.17) is 4.52 Å². The maximum atomic E-state index is 12.8. The lowest BCUT2D eigenvalue weighted by atomic mass is 9.90. The fourth-order valence-electron chi connectivity index (χ4n) is 3.43. The summed E-state index contributed by atoms with van der Waals surface area (Å²) >= 11 is 0. The van der Waals surface area contributed by atoms with Gasteiger partial charge in [-0.3, -0.25) is 4.79 Å². The number of carbonyl (C=O) groups excluding carboxylic acids is 1. The predicted octanol–water partition coefficient (Wildman–Crippen LogP) is 2.70. The fourth-order valence-corrected chi connectivity index (χ4v) is 3.43. The van der Waals surface area contributed by atoms with Gasteiger partial charge in [0.1, 0.15) is 11.6 Å². The van der Waals surface area contributed by atoms with Crippen LogP contribution in [0.1, 0.15) is 41.3 Å². The molecule has 6 heteroatoms. The predicted molar refractivity (Wildman–Crippen MR) is 96.8 cm³/mol. The van der Waals surface area contributed by atoms with Crippen LogP contribution in [-0.4, -0.2) is 48.1 Å². The quantitative estimate of drug-likeness (QED) is 0.855. The van der Waals surface area contributed by atoms with Crippen molar-refractivity contribution in [3.8, 4) is 0 Å². The topological polar surface area (TPSA) is 62.5 Å². The van der Waals surface area contributed by atoms with Gasteiger partial charge in [-0.2, -0.15) is 0 Å². The van der Waals surface area contributed by atoms with Crippen molar-refractivity contribution < 1.29 is 9.32 Å². The van der Waals surface area contributed by atoms with Crippen molar-refractivity contribution >= 4 is 11.7 Å². The molecule has 0 saturated carbocycles. The highest BCUT2D eigenvalue weighted by Crippen LogP contribution is 2.29. The molecular formula is C19H26N4O2. The molecule has 0 aromatic carbocycles. The molecule has 1 atom stereocenters. The molecule has 0 spiro atoms. The molecule has 0 aliphatic carbocycles. The third-order valence-corrected chi connectivity index (χ3v) is 4.98. The van der Waals surface area contributed by atoms with Gasteiger partial charge in [0.15, 0.2) is 0 Å². The molecular weight excluding hydrogens is 316 g/mol. The molecule has 25 heavy (non-hydrogen) atoms. The van der Waals surface area contributed by atoms with Crippen LogP contribution in [0.2, 0.25) is 0 Å². The van der Waals surface area contributed by atoms with Crippen molar-refractivity contribution in [3.63, 3.8) is 0 Å². The standard InChI is InChI=1S/C19H26N4O2/c1-13-17(14(2)25-21-13)11-19(24)23-9-5-6-16(12-23)15-7-8-20-18(10-15)22(3)4/h7-8,10,16H,5-6,9,11-12H2,1-4H3. The van der Waals surface area contributed by atoms with Gasteiger partial charge in [-0.25, -0.2) is 4.98 Å². The first-order valence-electron chi connectivity index (χ1n) is 8.78. The van der Waals surface area contributed by atoms with Crippen LogP contribution in [0.5, 0.6) is 0 Å². The Hall–Kier alpha value is -2.37. The lowest BCUT2D eigenvalue weighted by Gasteiger charge is -2.33. The summed E-state index contributed by atoms with van der Waals surface area (Å²) in [5.41, 5.74) is 2.99. The van der Waals surface area contributed by atoms with Crippen LogP contribution in [0.4, 0.5) is 5.82 Å². The monoisotopic (exact) mass is 342 g/mol. The average Bonchev–Trinajstić information content (AvgIpc) is 2.94. The summed E-state index contributed by atoms with van der Waals surface area (Å²) < 4.78 is 5.18. The number of amides is 1. The van der Waals surface area contributed by atoms with Crippen molar-refractivity contribution in [2.24, 2.45) is 0 Å². The van der Waals surface area contributed by atoms with Crippen molar-refractivity contribution in [2.45, 2.75) is 39.0 Å². The Kier molecular flexibility index (Phi) is 5.06. The van der Waals surface area contributed by atoms with Gasteiger partial charge < -0.3 is 14.3 Å². The van der Waals surface area contributed by atoms with Crippen molar-refractivity contribution in [2.75, 3.05) is 32.1 Å². The van der Waals surface area contributed by atoms with Crippen molar-refractivity contribution in [1.82, 2.24) is 15.0 Å². The Bertz CT molecular complexity index is 734. The van der Waals surface area contributed by atoms with Gasteiger partial charge in [0.2, 0.25) is 5.91 Å². The minimum atomic E-state index is 0.154. The first-order chi connectivity index (χ1) is 12.0. The van der Waals surface area contributed by atoms with Crippen LogP contribution < -0.4 is 4.90 Å². The molecule has 3 rings (SSSR count). The number of piperidine rings is 1. The lowest BCUT2D eigenvalue weighted by Crippen LogP contribution is -2.40. The molecule has 134 valence electrons. The molecule has 0 N–H and O–H groups in total. The highest BCUT2D eigenvalue weighted by Gasteiger charge is 2.26. The molecule has 1 aliphatic heterocycles. The zero-order valence-corrected chi connectivity index (χ0v) is 15.5. The van der Waals surface area contributed by atoms with Crippen LogP contribution in [0.3, 0.4) is 0 Å². The fraction of sp³-hybridized carbons (Fsp3) is 0.526. The highest BCUT2D eigenvalue weighted by molar-refractivity contribution is 5.79. The molecule has 2 aromatic rings. The second-order valence-electron chi connectivity index (χ2n) is 7.00. The first-order valence-corrected chi connectivity index (χ1v) is 8.78. The molecule has 1 aliphatic rings. The lowest BCUT2D eigenvalue weighted by molar-refractivity contribution is -0.131. The van der Waals surface area contributed by atoms with E-state index in [2.05, 4.69) is 22.3 Å². The van der Waals surface area contributed by atoms with Crippen LogP contribution in [0, 0.1) is 13.8 Å². The van der Waals surface area contributed by atoms with E-state index in [-0.39, 0.29) is 5.91 Å². The second-order valence-corrected chi connectivity index (χ2v) is 7.00. The molecule has 1 saturated heterocycles. The summed E-state index contributed by atoms with van der Waals surface area (Å²) in [5, 5.41) is 3.95. The van der Waals surface area contributed by atoms with Crippen LogP contribution in [0.25, 0.3) is 0 Å². The smallest absolute Gasteiger partial charge is 0.227 e. The van der Waals surface area contributed by atoms with Crippen LogP contribution in [0.15, 0.2) is 22.9 Å². The van der Waals surface area contributed by atoms with Gasteiger partial charge in [0, 0.05) is 44.9 Å². The molecule has 2 aromatic heterocycles. The second kappa shape index (κ2) is 7.25. The SMILES string of the molecule is Cc1noc(C)c1CC(=O)N1CCCC(c2ccnc(N(C)C)c2)C1. The number of likely N-dealkylation sites (tertiary alicyclic amines) is 1. The third-order valence-electron chi connectivity index (χ3n) is 4.98. The number of hydrogen-bond donors (Lipinski definition) is 0. The summed E-state index contributed by atoms with van der Waals surface area (Å²) in [4.78, 5) is 21.1. The number of hydrogen-bond acceptors (Lipinski definition) is 5. The largest absolute Gasteiger partial charge is 0.363 e. The maximum absolute atomic E-state index is 12.8. The normalized spacial score (nSPS) is 17.6. The Morgan fingerprint density at radius 2 is 2.20 bits per heavy atom. The van der Waals surface area contributed by atoms with E-state index in [0.717, 1.165) is 48.8 Å². The van der Waals surface area contributed by atoms with E-state index < -0.39 is 0 Å². The van der Waals surface area contributed by atoms with Crippen molar-refractivity contribution in [3.05, 3.63) is 40.9 Å². The summed E-state index contributed by atoms with van der Waals surface area (Å²) in [5.74, 6) is 2.21. The Morgan fingerprint density at radius 3 is 2.88 bits per heavy atom. The van der Waals surface area contributed by atoms with E-state index in [1.165, 1.54) is 5.56 Å². The number of nitrogens with zero attached hydrogens (tertiary/aromatic N) is 4. The number of aryl methyl sites for hydroxylation is 2. The van der Waals surface area contributed by atoms with Crippen LogP contribution in [-0.2, 0) is 11.2 Å². The van der Waals surface area contributed by atoms with E-state index in [0.29, 0.717) is 12.3 Å². The molecule has 0 radical (unpaired) electrons. The molecule has 1 amide bonds. The Balaban J connectivity index is 1.70. The van der Waals surface area contributed by atoms with E-state index in [9.17, 15) is 4.79 Å². The number of anilines is 1. The first kappa shape index (κ1) is 17.5. The van der Waals surface area contributed by atoms with Gasteiger partial charge >= 0.3 is 0 Å². The summed E-state index contributed by atoms with van der Waals surface area (Å²) in [6.07, 6.45) is 4.35. The zero-order chi connectivity index (χ0) is 18.0. The molecule has 6 nitrogen and oxygen atoms in total. The molecule has 0 bridgehead atoms. The number of rotatable bonds is 4. The van der Waals surface area contributed by atoms with Gasteiger partial charge in [0.25, 0.3) is 0 Å². The summed E-state index contributed by atoms with van der Waals surface area (Å²) in [6.45, 7) is 5.34. The molecule has 1 fully saturated rings. The summed E-state index contributed by atoms with van der Waals surface area (Å²) in [7, 11) is 3.98. The number of aromatic nitrogens is 2.